The summed E-state index contributed by atoms with van der Waals surface area (Å²) in [5, 5.41) is 11.9. The van der Waals surface area contributed by atoms with Gasteiger partial charge in [-0.3, -0.25) is 10.1 Å². The van der Waals surface area contributed by atoms with Crippen LogP contribution < -0.4 is 10.6 Å². The quantitative estimate of drug-likeness (QED) is 0.845. The summed E-state index contributed by atoms with van der Waals surface area (Å²) < 4.78 is 9.86. The third-order valence-corrected chi connectivity index (χ3v) is 3.47. The summed E-state index contributed by atoms with van der Waals surface area (Å²) in [4.78, 5) is 16.3. The number of thiazole rings is 1. The lowest BCUT2D eigenvalue weighted by Crippen LogP contribution is -2.14. The normalized spacial score (nSPS) is 12.3. The number of methoxy groups -OCH3 is 1. The molecule has 0 saturated heterocycles. The minimum absolute atomic E-state index is 0.136. The first-order chi connectivity index (χ1) is 9.63. The monoisotopic (exact) mass is 296 g/mol. The number of carbonyl (C=O) groups excluding carboxylic acids is 1. The predicted octanol–water partition coefficient (Wildman–Crippen LogP) is 1.81. The third-order valence-electron chi connectivity index (χ3n) is 2.70. The standard InChI is InChI=1S/C12H16N4O3S/c1-7(13-2)10-6-20-12(14-10)15-11(17)9-4-8(5-18-3)19-16-9/h4,6-7,13H,5H2,1-3H3,(H,14,15,17). The van der Waals surface area contributed by atoms with E-state index in [1.807, 2.05) is 19.4 Å². The zero-order valence-corrected chi connectivity index (χ0v) is 12.3. The zero-order chi connectivity index (χ0) is 14.5. The highest BCUT2D eigenvalue weighted by Gasteiger charge is 2.15. The van der Waals surface area contributed by atoms with Gasteiger partial charge in [-0.2, -0.15) is 0 Å². The van der Waals surface area contributed by atoms with Crippen LogP contribution in [0.5, 0.6) is 0 Å². The van der Waals surface area contributed by atoms with E-state index in [0.717, 1.165) is 5.69 Å². The minimum atomic E-state index is -0.353. The summed E-state index contributed by atoms with van der Waals surface area (Å²) >= 11 is 1.37. The van der Waals surface area contributed by atoms with Crippen LogP contribution in [-0.4, -0.2) is 30.2 Å². The summed E-state index contributed by atoms with van der Waals surface area (Å²) in [5.41, 5.74) is 1.09. The molecule has 0 fully saturated rings. The van der Waals surface area contributed by atoms with Crippen molar-refractivity contribution in [1.82, 2.24) is 15.5 Å². The van der Waals surface area contributed by atoms with Crippen LogP contribution in [0.3, 0.4) is 0 Å². The number of hydrogen-bond donors (Lipinski definition) is 2. The molecular weight excluding hydrogens is 280 g/mol. The molecule has 0 aromatic carbocycles. The van der Waals surface area contributed by atoms with E-state index in [1.165, 1.54) is 11.3 Å². The first kappa shape index (κ1) is 14.6. The van der Waals surface area contributed by atoms with Gasteiger partial charge in [0.25, 0.3) is 5.91 Å². The van der Waals surface area contributed by atoms with Crippen LogP contribution in [0.2, 0.25) is 0 Å². The molecule has 2 aromatic heterocycles. The molecule has 8 heteroatoms. The highest BCUT2D eigenvalue weighted by molar-refractivity contribution is 7.14. The van der Waals surface area contributed by atoms with Gasteiger partial charge in [0.05, 0.1) is 5.69 Å². The first-order valence-corrected chi connectivity index (χ1v) is 6.90. The van der Waals surface area contributed by atoms with Crippen LogP contribution in [-0.2, 0) is 11.3 Å². The SMILES string of the molecule is CNC(C)c1csc(NC(=O)c2cc(COC)on2)n1. The van der Waals surface area contributed by atoms with E-state index in [0.29, 0.717) is 10.9 Å². The molecule has 0 spiro atoms. The average Bonchev–Trinajstić information content (AvgIpc) is 3.07. The molecule has 7 nitrogen and oxygen atoms in total. The van der Waals surface area contributed by atoms with Gasteiger partial charge in [-0.05, 0) is 14.0 Å². The molecule has 0 bridgehead atoms. The molecule has 108 valence electrons. The van der Waals surface area contributed by atoms with Crippen LogP contribution in [0.25, 0.3) is 0 Å². The lowest BCUT2D eigenvalue weighted by Gasteiger charge is -2.04. The number of anilines is 1. The third kappa shape index (κ3) is 3.41. The van der Waals surface area contributed by atoms with Gasteiger partial charge in [-0.25, -0.2) is 4.98 Å². The smallest absolute Gasteiger partial charge is 0.279 e. The summed E-state index contributed by atoms with van der Waals surface area (Å²) in [6.45, 7) is 2.27. The minimum Gasteiger partial charge on any atom is -0.377 e. The Kier molecular flexibility index (Phi) is 4.83. The van der Waals surface area contributed by atoms with Crippen molar-refractivity contribution >= 4 is 22.4 Å². The molecule has 0 aliphatic rings. The summed E-state index contributed by atoms with van der Waals surface area (Å²) in [6, 6.07) is 1.68. The maximum absolute atomic E-state index is 12.0. The molecule has 1 unspecified atom stereocenters. The number of nitrogens with one attached hydrogen (secondary N) is 2. The van der Waals surface area contributed by atoms with E-state index >= 15 is 0 Å². The summed E-state index contributed by atoms with van der Waals surface area (Å²) in [7, 11) is 3.40. The molecule has 20 heavy (non-hydrogen) atoms. The molecule has 1 atom stereocenters. The molecule has 2 heterocycles. The van der Waals surface area contributed by atoms with Crippen LogP contribution in [0.1, 0.15) is 34.9 Å². The fourth-order valence-corrected chi connectivity index (χ4v) is 2.28. The van der Waals surface area contributed by atoms with Crippen LogP contribution in [0, 0.1) is 0 Å². The van der Waals surface area contributed by atoms with Gasteiger partial charge in [0.15, 0.2) is 16.6 Å². The maximum Gasteiger partial charge on any atom is 0.279 e. The molecule has 2 rings (SSSR count). The van der Waals surface area contributed by atoms with Crippen LogP contribution >= 0.6 is 11.3 Å². The fourth-order valence-electron chi connectivity index (χ4n) is 1.48. The van der Waals surface area contributed by atoms with E-state index in [-0.39, 0.29) is 24.2 Å². The second kappa shape index (κ2) is 6.60. The highest BCUT2D eigenvalue weighted by Crippen LogP contribution is 2.20. The van der Waals surface area contributed by atoms with E-state index in [1.54, 1.807) is 13.2 Å². The zero-order valence-electron chi connectivity index (χ0n) is 11.5. The number of rotatable bonds is 6. The maximum atomic E-state index is 12.0. The average molecular weight is 296 g/mol. The molecule has 2 N–H and O–H groups in total. The second-order valence-electron chi connectivity index (χ2n) is 4.15. The number of amides is 1. The van der Waals surface area contributed by atoms with Gasteiger partial charge in [0.2, 0.25) is 0 Å². The number of nitrogens with zero attached hydrogens (tertiary/aromatic N) is 2. The molecule has 1 amide bonds. The Labute approximate surface area is 120 Å². The second-order valence-corrected chi connectivity index (χ2v) is 5.01. The van der Waals surface area contributed by atoms with Crippen molar-refractivity contribution in [3.63, 3.8) is 0 Å². The number of ether oxygens (including phenoxy) is 1. The Morgan fingerprint density at radius 3 is 3.10 bits per heavy atom. The number of hydrogen-bond acceptors (Lipinski definition) is 7. The van der Waals surface area contributed by atoms with Crippen molar-refractivity contribution in [2.24, 2.45) is 0 Å². The fraction of sp³-hybridized carbons (Fsp3) is 0.417. The molecule has 0 aliphatic carbocycles. The van der Waals surface area contributed by atoms with Crippen molar-refractivity contribution in [3.8, 4) is 0 Å². The van der Waals surface area contributed by atoms with Gasteiger partial charge in [0.1, 0.15) is 6.61 Å². The highest BCUT2D eigenvalue weighted by atomic mass is 32.1. The lowest BCUT2D eigenvalue weighted by molar-refractivity contribution is 0.101. The summed E-state index contributed by atoms with van der Waals surface area (Å²) in [5.74, 6) is 0.149. The molecule has 0 aliphatic heterocycles. The van der Waals surface area contributed by atoms with Crippen molar-refractivity contribution < 1.29 is 14.1 Å². The van der Waals surface area contributed by atoms with Gasteiger partial charge in [-0.1, -0.05) is 5.16 Å². The van der Waals surface area contributed by atoms with Gasteiger partial charge >= 0.3 is 0 Å². The van der Waals surface area contributed by atoms with Crippen molar-refractivity contribution in [1.29, 1.82) is 0 Å². The predicted molar refractivity (Wildman–Crippen MR) is 74.8 cm³/mol. The van der Waals surface area contributed by atoms with E-state index in [2.05, 4.69) is 20.8 Å². The largest absolute Gasteiger partial charge is 0.377 e. The van der Waals surface area contributed by atoms with E-state index in [9.17, 15) is 4.79 Å². The van der Waals surface area contributed by atoms with E-state index in [4.69, 9.17) is 9.26 Å². The van der Waals surface area contributed by atoms with Crippen molar-refractivity contribution in [3.05, 3.63) is 28.6 Å². The Balaban J connectivity index is 2.01. The van der Waals surface area contributed by atoms with Crippen molar-refractivity contribution in [2.45, 2.75) is 19.6 Å². The summed E-state index contributed by atoms with van der Waals surface area (Å²) in [6.07, 6.45) is 0. The van der Waals surface area contributed by atoms with E-state index < -0.39 is 0 Å². The lowest BCUT2D eigenvalue weighted by atomic mass is 10.3. The van der Waals surface area contributed by atoms with Crippen LogP contribution in [0.15, 0.2) is 16.0 Å². The molecule has 0 saturated carbocycles. The van der Waals surface area contributed by atoms with Crippen LogP contribution in [0.4, 0.5) is 5.13 Å². The first-order valence-electron chi connectivity index (χ1n) is 6.02. The Morgan fingerprint density at radius 2 is 2.40 bits per heavy atom. The Bertz CT molecular complexity index is 581. The molecular formula is C12H16N4O3S. The Hall–Kier alpha value is -1.77. The van der Waals surface area contributed by atoms with Gasteiger partial charge < -0.3 is 14.6 Å². The number of carbonyl (C=O) groups is 1. The van der Waals surface area contributed by atoms with Crippen molar-refractivity contribution in [2.75, 3.05) is 19.5 Å². The number of aromatic nitrogens is 2. The van der Waals surface area contributed by atoms with Gasteiger partial charge in [-0.15, -0.1) is 11.3 Å². The topological polar surface area (TPSA) is 89.3 Å². The molecule has 0 radical (unpaired) electrons. The Morgan fingerprint density at radius 1 is 1.60 bits per heavy atom. The molecule has 2 aromatic rings. The van der Waals surface area contributed by atoms with Gasteiger partial charge in [0, 0.05) is 24.6 Å².